The van der Waals surface area contributed by atoms with Gasteiger partial charge in [0.25, 0.3) is 0 Å². The van der Waals surface area contributed by atoms with Gasteiger partial charge in [0, 0.05) is 0 Å². The van der Waals surface area contributed by atoms with Crippen LogP contribution in [-0.2, 0) is 0 Å². The first-order valence-electron chi connectivity index (χ1n) is 8.74. The minimum absolute atomic E-state index is 0.949. The van der Waals surface area contributed by atoms with Crippen LogP contribution in [-0.4, -0.2) is 0 Å². The number of hydrogen-bond acceptors (Lipinski definition) is 0. The Hall–Kier alpha value is 0. The van der Waals surface area contributed by atoms with Gasteiger partial charge < -0.3 is 0 Å². The van der Waals surface area contributed by atoms with E-state index in [2.05, 4.69) is 27.7 Å². The summed E-state index contributed by atoms with van der Waals surface area (Å²) in [6.45, 7) is 9.43. The average molecular weight is 255 g/mol. The molecule has 0 spiro atoms. The molecule has 0 N–H and O–H groups in total. The van der Waals surface area contributed by atoms with Gasteiger partial charge in [-0.15, -0.1) is 0 Å². The van der Waals surface area contributed by atoms with Crippen molar-refractivity contribution in [3.63, 3.8) is 0 Å². The molecule has 0 aromatic rings. The SMILES string of the molecule is CCCCCCCCCC(CC)CC(C)CCC. The molecular weight excluding hydrogens is 216 g/mol. The Bertz CT molecular complexity index is 150. The van der Waals surface area contributed by atoms with E-state index >= 15 is 0 Å². The quantitative estimate of drug-likeness (QED) is 0.311. The first kappa shape index (κ1) is 18.0. The van der Waals surface area contributed by atoms with E-state index in [9.17, 15) is 0 Å². The number of rotatable bonds is 13. The van der Waals surface area contributed by atoms with E-state index in [1.807, 2.05) is 0 Å². The first-order chi connectivity index (χ1) is 8.74. The molecule has 2 unspecified atom stereocenters. The third-order valence-electron chi connectivity index (χ3n) is 4.31. The molecule has 0 rings (SSSR count). The lowest BCUT2D eigenvalue weighted by Crippen LogP contribution is -2.06. The second kappa shape index (κ2) is 13.4. The Labute approximate surface area is 117 Å². The van der Waals surface area contributed by atoms with Crippen molar-refractivity contribution in [1.29, 1.82) is 0 Å². The monoisotopic (exact) mass is 254 g/mol. The zero-order valence-corrected chi connectivity index (χ0v) is 13.6. The van der Waals surface area contributed by atoms with Gasteiger partial charge in [-0.3, -0.25) is 0 Å². The van der Waals surface area contributed by atoms with Crippen LogP contribution in [0.3, 0.4) is 0 Å². The molecule has 0 aromatic carbocycles. The molecule has 0 nitrogen and oxygen atoms in total. The molecule has 0 bridgehead atoms. The summed E-state index contributed by atoms with van der Waals surface area (Å²) in [5.41, 5.74) is 0. The number of hydrogen-bond donors (Lipinski definition) is 0. The summed E-state index contributed by atoms with van der Waals surface area (Å²) in [6.07, 6.45) is 17.3. The lowest BCUT2D eigenvalue weighted by atomic mass is 9.87. The lowest BCUT2D eigenvalue weighted by molar-refractivity contribution is 0.335. The Balaban J connectivity index is 3.43. The first-order valence-corrected chi connectivity index (χ1v) is 8.74. The standard InChI is InChI=1S/C18H38/c1-5-8-9-10-11-12-13-15-18(7-3)16-17(4)14-6-2/h17-18H,5-16H2,1-4H3. The van der Waals surface area contributed by atoms with Crippen molar-refractivity contribution in [2.75, 3.05) is 0 Å². The summed E-state index contributed by atoms with van der Waals surface area (Å²) in [5.74, 6) is 1.95. The van der Waals surface area contributed by atoms with Crippen LogP contribution in [0.1, 0.15) is 105 Å². The van der Waals surface area contributed by atoms with Gasteiger partial charge in [0.05, 0.1) is 0 Å². The minimum atomic E-state index is 0.949. The summed E-state index contributed by atoms with van der Waals surface area (Å²) >= 11 is 0. The zero-order valence-electron chi connectivity index (χ0n) is 13.6. The molecule has 0 saturated heterocycles. The van der Waals surface area contributed by atoms with Crippen LogP contribution in [0.25, 0.3) is 0 Å². The second-order valence-corrected chi connectivity index (χ2v) is 6.31. The third-order valence-corrected chi connectivity index (χ3v) is 4.31. The molecule has 2 atom stereocenters. The van der Waals surface area contributed by atoms with E-state index in [0.717, 1.165) is 11.8 Å². The highest BCUT2D eigenvalue weighted by molar-refractivity contribution is 4.63. The normalized spacial score (nSPS) is 14.7. The molecule has 0 aliphatic rings. The highest BCUT2D eigenvalue weighted by Gasteiger charge is 2.10. The van der Waals surface area contributed by atoms with Crippen LogP contribution in [0.4, 0.5) is 0 Å². The lowest BCUT2D eigenvalue weighted by Gasteiger charge is -2.19. The maximum Gasteiger partial charge on any atom is -0.0414 e. The molecule has 0 amide bonds. The van der Waals surface area contributed by atoms with Crippen LogP contribution in [0, 0.1) is 11.8 Å². The zero-order chi connectivity index (χ0) is 13.6. The summed E-state index contributed by atoms with van der Waals surface area (Å²) in [4.78, 5) is 0. The van der Waals surface area contributed by atoms with E-state index in [1.54, 1.807) is 0 Å². The van der Waals surface area contributed by atoms with Gasteiger partial charge in [0.1, 0.15) is 0 Å². The predicted octanol–water partition coefficient (Wildman–Crippen LogP) is 6.98. The third kappa shape index (κ3) is 11.1. The van der Waals surface area contributed by atoms with Crippen LogP contribution in [0.15, 0.2) is 0 Å². The molecular formula is C18H38. The van der Waals surface area contributed by atoms with Crippen molar-refractivity contribution in [1.82, 2.24) is 0 Å². The van der Waals surface area contributed by atoms with E-state index in [0.29, 0.717) is 0 Å². The van der Waals surface area contributed by atoms with Crippen LogP contribution in [0.2, 0.25) is 0 Å². The van der Waals surface area contributed by atoms with Crippen molar-refractivity contribution in [2.45, 2.75) is 105 Å². The van der Waals surface area contributed by atoms with E-state index in [4.69, 9.17) is 0 Å². The van der Waals surface area contributed by atoms with Crippen molar-refractivity contribution in [2.24, 2.45) is 11.8 Å². The smallest absolute Gasteiger partial charge is 0.0414 e. The summed E-state index contributed by atoms with van der Waals surface area (Å²) in [5, 5.41) is 0. The summed E-state index contributed by atoms with van der Waals surface area (Å²) in [7, 11) is 0. The molecule has 0 aliphatic carbocycles. The topological polar surface area (TPSA) is 0 Å². The van der Waals surface area contributed by atoms with Crippen molar-refractivity contribution < 1.29 is 0 Å². The largest absolute Gasteiger partial charge is 0.0654 e. The molecule has 0 fully saturated rings. The van der Waals surface area contributed by atoms with Gasteiger partial charge in [-0.2, -0.15) is 0 Å². The maximum absolute atomic E-state index is 2.44. The summed E-state index contributed by atoms with van der Waals surface area (Å²) in [6, 6.07) is 0. The molecule has 0 heterocycles. The maximum atomic E-state index is 2.44. The Morgan fingerprint density at radius 3 is 1.83 bits per heavy atom. The van der Waals surface area contributed by atoms with E-state index in [-0.39, 0.29) is 0 Å². The molecule has 0 aliphatic heterocycles. The van der Waals surface area contributed by atoms with Crippen LogP contribution in [0.5, 0.6) is 0 Å². The fourth-order valence-corrected chi connectivity index (χ4v) is 3.06. The molecule has 0 radical (unpaired) electrons. The van der Waals surface area contributed by atoms with Gasteiger partial charge in [-0.25, -0.2) is 0 Å². The van der Waals surface area contributed by atoms with E-state index < -0.39 is 0 Å². The Morgan fingerprint density at radius 1 is 0.667 bits per heavy atom. The Morgan fingerprint density at radius 2 is 1.28 bits per heavy atom. The van der Waals surface area contributed by atoms with Gasteiger partial charge in [-0.1, -0.05) is 98.3 Å². The van der Waals surface area contributed by atoms with Gasteiger partial charge >= 0.3 is 0 Å². The highest BCUT2D eigenvalue weighted by atomic mass is 14.2. The van der Waals surface area contributed by atoms with Crippen molar-refractivity contribution in [3.8, 4) is 0 Å². The molecule has 110 valence electrons. The molecule has 0 heteroatoms. The van der Waals surface area contributed by atoms with E-state index in [1.165, 1.54) is 77.0 Å². The molecule has 18 heavy (non-hydrogen) atoms. The predicted molar refractivity (Wildman–Crippen MR) is 85.1 cm³/mol. The van der Waals surface area contributed by atoms with Gasteiger partial charge in [0.15, 0.2) is 0 Å². The van der Waals surface area contributed by atoms with Crippen molar-refractivity contribution in [3.05, 3.63) is 0 Å². The van der Waals surface area contributed by atoms with Crippen LogP contribution >= 0.6 is 0 Å². The van der Waals surface area contributed by atoms with Gasteiger partial charge in [-0.05, 0) is 18.3 Å². The fourth-order valence-electron chi connectivity index (χ4n) is 3.06. The Kier molecular flexibility index (Phi) is 13.4. The minimum Gasteiger partial charge on any atom is -0.0654 e. The fraction of sp³-hybridized carbons (Fsp3) is 1.00. The molecule has 0 aromatic heterocycles. The van der Waals surface area contributed by atoms with Crippen molar-refractivity contribution >= 4 is 0 Å². The van der Waals surface area contributed by atoms with Gasteiger partial charge in [0.2, 0.25) is 0 Å². The second-order valence-electron chi connectivity index (χ2n) is 6.31. The number of unbranched alkanes of at least 4 members (excludes halogenated alkanes) is 6. The summed E-state index contributed by atoms with van der Waals surface area (Å²) < 4.78 is 0. The highest BCUT2D eigenvalue weighted by Crippen LogP contribution is 2.24. The average Bonchev–Trinajstić information content (AvgIpc) is 2.36. The molecule has 0 saturated carbocycles. The van der Waals surface area contributed by atoms with Crippen LogP contribution < -0.4 is 0 Å².